The van der Waals surface area contributed by atoms with Gasteiger partial charge in [0, 0.05) is 51.2 Å². The number of methoxy groups -OCH3 is 1. The number of para-hydroxylation sites is 2. The summed E-state index contributed by atoms with van der Waals surface area (Å²) in [5.74, 6) is 1.21. The maximum absolute atomic E-state index is 12.6. The lowest BCUT2D eigenvalue weighted by Gasteiger charge is -2.34. The molecule has 0 aliphatic carbocycles. The highest BCUT2D eigenvalue weighted by Crippen LogP contribution is 2.26. The first kappa shape index (κ1) is 20.9. The number of carbonyl (C=O) groups excluding carboxylic acids is 1. The standard InChI is InChI=1S/C21H28N4O4S/c1-27-18-4-2-3-5-19(18)29-15-20(26)24-6-8-25(9-7-24)21-22-17(16-30-21)14-23-10-12-28-13-11-23/h2-5,16H,6-15H2,1H3. The Bertz CT molecular complexity index is 832. The van der Waals surface area contributed by atoms with E-state index >= 15 is 0 Å². The van der Waals surface area contributed by atoms with E-state index < -0.39 is 0 Å². The number of rotatable bonds is 7. The molecule has 2 fully saturated rings. The topological polar surface area (TPSA) is 67.4 Å². The number of morpholine rings is 1. The van der Waals surface area contributed by atoms with E-state index in [4.69, 9.17) is 19.2 Å². The second-order valence-corrected chi connectivity index (χ2v) is 8.15. The number of aromatic nitrogens is 1. The van der Waals surface area contributed by atoms with Gasteiger partial charge in [0.05, 0.1) is 26.0 Å². The molecule has 0 radical (unpaired) electrons. The van der Waals surface area contributed by atoms with Gasteiger partial charge < -0.3 is 24.0 Å². The third-order valence-corrected chi connectivity index (χ3v) is 6.30. The Morgan fingerprint density at radius 1 is 1.10 bits per heavy atom. The molecule has 162 valence electrons. The molecule has 0 atom stereocenters. The second kappa shape index (κ2) is 10.1. The summed E-state index contributed by atoms with van der Waals surface area (Å²) < 4.78 is 16.3. The lowest BCUT2D eigenvalue weighted by molar-refractivity contribution is -0.133. The molecule has 0 spiro atoms. The lowest BCUT2D eigenvalue weighted by Crippen LogP contribution is -2.50. The smallest absolute Gasteiger partial charge is 0.260 e. The Hall–Kier alpha value is -2.36. The van der Waals surface area contributed by atoms with Crippen LogP contribution in [0.1, 0.15) is 5.69 Å². The molecular formula is C21H28N4O4S. The molecule has 3 heterocycles. The monoisotopic (exact) mass is 432 g/mol. The van der Waals surface area contributed by atoms with E-state index in [1.165, 1.54) is 0 Å². The number of nitrogens with zero attached hydrogens (tertiary/aromatic N) is 4. The molecule has 30 heavy (non-hydrogen) atoms. The van der Waals surface area contributed by atoms with Crippen LogP contribution in [0, 0.1) is 0 Å². The number of benzene rings is 1. The van der Waals surface area contributed by atoms with Crippen LogP contribution in [-0.4, -0.2) is 86.9 Å². The average Bonchev–Trinajstić information content (AvgIpc) is 3.27. The van der Waals surface area contributed by atoms with E-state index in [0.717, 1.165) is 56.8 Å². The molecule has 0 bridgehead atoms. The fraction of sp³-hybridized carbons (Fsp3) is 0.524. The molecular weight excluding hydrogens is 404 g/mol. The molecule has 2 aliphatic heterocycles. The van der Waals surface area contributed by atoms with E-state index in [1.54, 1.807) is 24.5 Å². The Balaban J connectivity index is 1.24. The molecule has 2 aromatic rings. The van der Waals surface area contributed by atoms with Crippen molar-refractivity contribution >= 4 is 22.4 Å². The number of piperazine rings is 1. The minimum atomic E-state index is -0.00676. The molecule has 0 saturated carbocycles. The van der Waals surface area contributed by atoms with Crippen LogP contribution in [0.15, 0.2) is 29.6 Å². The molecule has 0 unspecified atom stereocenters. The Kier molecular flexibility index (Phi) is 7.03. The third-order valence-electron chi connectivity index (χ3n) is 5.35. The van der Waals surface area contributed by atoms with Crippen molar-refractivity contribution in [3.05, 3.63) is 35.3 Å². The number of hydrogen-bond acceptors (Lipinski definition) is 8. The van der Waals surface area contributed by atoms with E-state index in [2.05, 4.69) is 15.2 Å². The van der Waals surface area contributed by atoms with Crippen molar-refractivity contribution < 1.29 is 19.0 Å². The minimum Gasteiger partial charge on any atom is -0.493 e. The van der Waals surface area contributed by atoms with E-state index in [-0.39, 0.29) is 12.5 Å². The van der Waals surface area contributed by atoms with Crippen LogP contribution in [0.2, 0.25) is 0 Å². The predicted octanol–water partition coefficient (Wildman–Crippen LogP) is 1.71. The Morgan fingerprint density at radius 2 is 1.83 bits per heavy atom. The molecule has 1 amide bonds. The normalized spacial score (nSPS) is 17.8. The van der Waals surface area contributed by atoms with Gasteiger partial charge in [0.25, 0.3) is 5.91 Å². The zero-order valence-corrected chi connectivity index (χ0v) is 18.1. The van der Waals surface area contributed by atoms with Gasteiger partial charge in [0.2, 0.25) is 0 Å². The molecule has 2 saturated heterocycles. The molecule has 1 aromatic carbocycles. The number of ether oxygens (including phenoxy) is 3. The first-order valence-corrected chi connectivity index (χ1v) is 11.1. The number of thiazole rings is 1. The summed E-state index contributed by atoms with van der Waals surface area (Å²) in [6.07, 6.45) is 0. The summed E-state index contributed by atoms with van der Waals surface area (Å²) in [4.78, 5) is 23.9. The first-order chi connectivity index (χ1) is 14.7. The van der Waals surface area contributed by atoms with Gasteiger partial charge in [0.1, 0.15) is 0 Å². The van der Waals surface area contributed by atoms with Gasteiger partial charge in [0.15, 0.2) is 23.2 Å². The molecule has 8 nitrogen and oxygen atoms in total. The van der Waals surface area contributed by atoms with Gasteiger partial charge >= 0.3 is 0 Å². The minimum absolute atomic E-state index is 0.00676. The fourth-order valence-electron chi connectivity index (χ4n) is 3.62. The third kappa shape index (κ3) is 5.21. The molecule has 4 rings (SSSR count). The van der Waals surface area contributed by atoms with Gasteiger partial charge in [-0.15, -0.1) is 11.3 Å². The molecule has 2 aliphatic rings. The highest BCUT2D eigenvalue weighted by molar-refractivity contribution is 7.13. The zero-order chi connectivity index (χ0) is 20.8. The van der Waals surface area contributed by atoms with Crippen molar-refractivity contribution in [2.75, 3.05) is 71.1 Å². The Morgan fingerprint density at radius 3 is 2.57 bits per heavy atom. The maximum Gasteiger partial charge on any atom is 0.260 e. The fourth-order valence-corrected chi connectivity index (χ4v) is 4.49. The van der Waals surface area contributed by atoms with Gasteiger partial charge in [-0.3, -0.25) is 9.69 Å². The summed E-state index contributed by atoms with van der Waals surface area (Å²) in [7, 11) is 1.59. The van der Waals surface area contributed by atoms with Crippen molar-refractivity contribution in [2.45, 2.75) is 6.54 Å². The summed E-state index contributed by atoms with van der Waals surface area (Å²) in [6, 6.07) is 7.36. The van der Waals surface area contributed by atoms with Crippen molar-refractivity contribution in [3.8, 4) is 11.5 Å². The van der Waals surface area contributed by atoms with Crippen LogP contribution in [0.4, 0.5) is 5.13 Å². The van der Waals surface area contributed by atoms with Gasteiger partial charge in [-0.25, -0.2) is 4.98 Å². The van der Waals surface area contributed by atoms with Crippen LogP contribution >= 0.6 is 11.3 Å². The SMILES string of the molecule is COc1ccccc1OCC(=O)N1CCN(c2nc(CN3CCOCC3)cs2)CC1. The van der Waals surface area contributed by atoms with Gasteiger partial charge in [-0.1, -0.05) is 12.1 Å². The summed E-state index contributed by atoms with van der Waals surface area (Å²) in [6.45, 7) is 7.32. The molecule has 0 N–H and O–H groups in total. The van der Waals surface area contributed by atoms with Gasteiger partial charge in [-0.05, 0) is 12.1 Å². The van der Waals surface area contributed by atoms with Crippen LogP contribution < -0.4 is 14.4 Å². The van der Waals surface area contributed by atoms with Crippen molar-refractivity contribution in [2.24, 2.45) is 0 Å². The van der Waals surface area contributed by atoms with E-state index in [9.17, 15) is 4.79 Å². The van der Waals surface area contributed by atoms with Crippen molar-refractivity contribution in [1.29, 1.82) is 0 Å². The molecule has 9 heteroatoms. The highest BCUT2D eigenvalue weighted by atomic mass is 32.1. The second-order valence-electron chi connectivity index (χ2n) is 7.32. The number of hydrogen-bond donors (Lipinski definition) is 0. The Labute approximate surface area is 180 Å². The van der Waals surface area contributed by atoms with E-state index in [0.29, 0.717) is 24.6 Å². The summed E-state index contributed by atoms with van der Waals surface area (Å²) >= 11 is 1.68. The predicted molar refractivity (Wildman–Crippen MR) is 115 cm³/mol. The number of amides is 1. The average molecular weight is 433 g/mol. The highest BCUT2D eigenvalue weighted by Gasteiger charge is 2.24. The van der Waals surface area contributed by atoms with E-state index in [1.807, 2.05) is 23.1 Å². The first-order valence-electron chi connectivity index (χ1n) is 10.3. The van der Waals surface area contributed by atoms with Crippen LogP contribution in [0.25, 0.3) is 0 Å². The molecule has 1 aromatic heterocycles. The van der Waals surface area contributed by atoms with Gasteiger partial charge in [-0.2, -0.15) is 0 Å². The van der Waals surface area contributed by atoms with Crippen molar-refractivity contribution in [1.82, 2.24) is 14.8 Å². The van der Waals surface area contributed by atoms with Crippen LogP contribution in [0.3, 0.4) is 0 Å². The largest absolute Gasteiger partial charge is 0.493 e. The van der Waals surface area contributed by atoms with Crippen molar-refractivity contribution in [3.63, 3.8) is 0 Å². The number of carbonyl (C=O) groups is 1. The zero-order valence-electron chi connectivity index (χ0n) is 17.3. The quantitative estimate of drug-likeness (QED) is 0.660. The summed E-state index contributed by atoms with van der Waals surface area (Å²) in [5, 5.41) is 3.18. The van der Waals surface area contributed by atoms with Crippen LogP contribution in [0.5, 0.6) is 11.5 Å². The summed E-state index contributed by atoms with van der Waals surface area (Å²) in [5.41, 5.74) is 1.11. The maximum atomic E-state index is 12.6. The lowest BCUT2D eigenvalue weighted by atomic mass is 10.3. The van der Waals surface area contributed by atoms with Crippen LogP contribution in [-0.2, 0) is 16.1 Å². The number of anilines is 1.